The SMILES string of the molecule is COc1cccc(-c2ccccc2)c1C(=O)N(C)Cc1cc(C(F)(F)F)cc(C(F)(F)F)c1. The number of hydrogen-bond acceptors (Lipinski definition) is 2. The summed E-state index contributed by atoms with van der Waals surface area (Å²) in [6, 6.07) is 15.1. The van der Waals surface area contributed by atoms with Crippen LogP contribution in [0.3, 0.4) is 0 Å². The predicted octanol–water partition coefficient (Wildman–Crippen LogP) is 6.67. The summed E-state index contributed by atoms with van der Waals surface area (Å²) < 4.78 is 84.3. The number of benzene rings is 3. The lowest BCUT2D eigenvalue weighted by Crippen LogP contribution is -2.27. The molecule has 0 fully saturated rings. The number of halogens is 6. The Labute approximate surface area is 186 Å². The number of alkyl halides is 6. The largest absolute Gasteiger partial charge is 0.496 e. The van der Waals surface area contributed by atoms with Crippen LogP contribution in [0.15, 0.2) is 66.7 Å². The van der Waals surface area contributed by atoms with Crippen LogP contribution >= 0.6 is 0 Å². The van der Waals surface area contributed by atoms with Crippen LogP contribution in [0.4, 0.5) is 26.3 Å². The second kappa shape index (κ2) is 9.17. The Morgan fingerprint density at radius 3 is 1.94 bits per heavy atom. The maximum absolute atomic E-state index is 13.3. The third kappa shape index (κ3) is 5.47. The Bertz CT molecular complexity index is 1110. The van der Waals surface area contributed by atoms with Crippen molar-refractivity contribution in [2.45, 2.75) is 18.9 Å². The number of hydrogen-bond donors (Lipinski definition) is 0. The van der Waals surface area contributed by atoms with E-state index in [0.717, 1.165) is 4.90 Å². The van der Waals surface area contributed by atoms with Crippen LogP contribution in [-0.2, 0) is 18.9 Å². The molecule has 9 heteroatoms. The fraction of sp³-hybridized carbons (Fsp3) is 0.208. The molecule has 33 heavy (non-hydrogen) atoms. The Morgan fingerprint density at radius 1 is 0.848 bits per heavy atom. The second-order valence-electron chi connectivity index (χ2n) is 7.32. The van der Waals surface area contributed by atoms with Crippen molar-refractivity contribution >= 4 is 5.91 Å². The molecule has 0 aliphatic rings. The summed E-state index contributed by atoms with van der Waals surface area (Å²) in [5.41, 5.74) is -1.80. The number of carbonyl (C=O) groups is 1. The van der Waals surface area contributed by atoms with Gasteiger partial charge in [-0.3, -0.25) is 4.79 Å². The molecule has 0 spiro atoms. The Morgan fingerprint density at radius 2 is 1.42 bits per heavy atom. The molecule has 0 N–H and O–H groups in total. The first-order chi connectivity index (χ1) is 15.4. The van der Waals surface area contributed by atoms with Gasteiger partial charge in [0.15, 0.2) is 0 Å². The van der Waals surface area contributed by atoms with Crippen molar-refractivity contribution in [2.24, 2.45) is 0 Å². The van der Waals surface area contributed by atoms with Crippen molar-refractivity contribution in [3.05, 3.63) is 89.0 Å². The summed E-state index contributed by atoms with van der Waals surface area (Å²) in [5.74, 6) is -0.384. The van der Waals surface area contributed by atoms with Crippen molar-refractivity contribution in [1.82, 2.24) is 4.90 Å². The highest BCUT2D eigenvalue weighted by Crippen LogP contribution is 2.37. The Balaban J connectivity index is 2.02. The number of amides is 1. The minimum Gasteiger partial charge on any atom is -0.496 e. The number of rotatable bonds is 5. The third-order valence-corrected chi connectivity index (χ3v) is 4.96. The molecular weight excluding hydrogens is 448 g/mol. The topological polar surface area (TPSA) is 29.5 Å². The van der Waals surface area contributed by atoms with Gasteiger partial charge in [-0.15, -0.1) is 0 Å². The monoisotopic (exact) mass is 467 g/mol. The molecule has 3 aromatic carbocycles. The average molecular weight is 467 g/mol. The lowest BCUT2D eigenvalue weighted by molar-refractivity contribution is -0.143. The minimum absolute atomic E-state index is 0.0546. The molecule has 0 heterocycles. The molecule has 0 saturated heterocycles. The molecule has 0 bridgehead atoms. The lowest BCUT2D eigenvalue weighted by atomic mass is 9.97. The molecule has 0 unspecified atom stereocenters. The van der Waals surface area contributed by atoms with E-state index in [9.17, 15) is 31.1 Å². The smallest absolute Gasteiger partial charge is 0.416 e. The average Bonchev–Trinajstić information content (AvgIpc) is 2.77. The molecule has 0 aliphatic heterocycles. The van der Waals surface area contributed by atoms with E-state index in [1.54, 1.807) is 48.5 Å². The first-order valence-corrected chi connectivity index (χ1v) is 9.68. The normalized spacial score (nSPS) is 11.9. The van der Waals surface area contributed by atoms with Crippen molar-refractivity contribution in [2.75, 3.05) is 14.2 Å². The van der Waals surface area contributed by atoms with Crippen LogP contribution in [0.2, 0.25) is 0 Å². The van der Waals surface area contributed by atoms with Crippen molar-refractivity contribution < 1.29 is 35.9 Å². The van der Waals surface area contributed by atoms with Crippen LogP contribution in [0.1, 0.15) is 27.0 Å². The summed E-state index contributed by atoms with van der Waals surface area (Å²) in [4.78, 5) is 14.3. The second-order valence-corrected chi connectivity index (χ2v) is 7.32. The van der Waals surface area contributed by atoms with Crippen LogP contribution in [0.5, 0.6) is 5.75 Å². The van der Waals surface area contributed by atoms with E-state index in [4.69, 9.17) is 4.74 Å². The molecule has 3 nitrogen and oxygen atoms in total. The number of methoxy groups -OCH3 is 1. The highest BCUT2D eigenvalue weighted by molar-refractivity contribution is 6.03. The van der Waals surface area contributed by atoms with Gasteiger partial charge in [-0.05, 0) is 41.0 Å². The van der Waals surface area contributed by atoms with E-state index in [-0.39, 0.29) is 22.9 Å². The predicted molar refractivity (Wildman–Crippen MR) is 111 cm³/mol. The van der Waals surface area contributed by atoms with Crippen molar-refractivity contribution in [1.29, 1.82) is 0 Å². The van der Waals surface area contributed by atoms with Crippen LogP contribution in [0.25, 0.3) is 11.1 Å². The standard InChI is InChI=1S/C24H19F6NO2/c1-31(14-15-11-17(23(25,26)27)13-18(12-15)24(28,29)30)22(32)21-19(9-6-10-20(21)33-2)16-7-4-3-5-8-16/h3-13H,14H2,1-2H3. The van der Waals surface area contributed by atoms with Gasteiger partial charge in [0.25, 0.3) is 5.91 Å². The van der Waals surface area contributed by atoms with E-state index in [0.29, 0.717) is 23.3 Å². The van der Waals surface area contributed by atoms with Crippen LogP contribution in [-0.4, -0.2) is 25.0 Å². The molecule has 174 valence electrons. The molecular formula is C24H19F6NO2. The van der Waals surface area contributed by atoms with Gasteiger partial charge in [-0.2, -0.15) is 26.3 Å². The van der Waals surface area contributed by atoms with Gasteiger partial charge in [0.1, 0.15) is 5.75 Å². The van der Waals surface area contributed by atoms with Crippen molar-refractivity contribution in [3.8, 4) is 16.9 Å². The van der Waals surface area contributed by atoms with Crippen molar-refractivity contribution in [3.63, 3.8) is 0 Å². The third-order valence-electron chi connectivity index (χ3n) is 4.96. The molecule has 0 radical (unpaired) electrons. The highest BCUT2D eigenvalue weighted by Gasteiger charge is 2.37. The summed E-state index contributed by atoms with van der Waals surface area (Å²) in [6.07, 6.45) is -9.94. The number of ether oxygens (including phenoxy) is 1. The molecule has 0 saturated carbocycles. The van der Waals surface area contributed by atoms with Gasteiger partial charge >= 0.3 is 12.4 Å². The summed E-state index contributed by atoms with van der Waals surface area (Å²) in [7, 11) is 2.67. The molecule has 0 aliphatic carbocycles. The van der Waals surface area contributed by atoms with Gasteiger partial charge in [-0.1, -0.05) is 42.5 Å². The zero-order valence-electron chi connectivity index (χ0n) is 17.6. The van der Waals surface area contributed by atoms with E-state index < -0.39 is 35.9 Å². The van der Waals surface area contributed by atoms with E-state index >= 15 is 0 Å². The van der Waals surface area contributed by atoms with E-state index in [1.807, 2.05) is 0 Å². The lowest BCUT2D eigenvalue weighted by Gasteiger charge is -2.22. The minimum atomic E-state index is -4.97. The number of nitrogens with zero attached hydrogens (tertiary/aromatic N) is 1. The first-order valence-electron chi connectivity index (χ1n) is 9.68. The van der Waals surface area contributed by atoms with E-state index in [2.05, 4.69) is 0 Å². The summed E-state index contributed by atoms with van der Waals surface area (Å²) >= 11 is 0. The maximum Gasteiger partial charge on any atom is 0.416 e. The highest BCUT2D eigenvalue weighted by atomic mass is 19.4. The fourth-order valence-corrected chi connectivity index (χ4v) is 3.43. The molecule has 3 rings (SSSR count). The molecule has 0 atom stereocenters. The number of carbonyl (C=O) groups excluding carboxylic acids is 1. The van der Waals surface area contributed by atoms with Crippen LogP contribution in [0, 0.1) is 0 Å². The van der Waals surface area contributed by atoms with Gasteiger partial charge in [0.05, 0.1) is 23.8 Å². The fourth-order valence-electron chi connectivity index (χ4n) is 3.43. The Kier molecular flexibility index (Phi) is 6.71. The Hall–Kier alpha value is -3.49. The molecule has 0 aromatic heterocycles. The zero-order chi connectivity index (χ0) is 24.4. The van der Waals surface area contributed by atoms with Gasteiger partial charge in [-0.25, -0.2) is 0 Å². The summed E-state index contributed by atoms with van der Waals surface area (Å²) in [6.45, 7) is -0.474. The van der Waals surface area contributed by atoms with Gasteiger partial charge < -0.3 is 9.64 Å². The van der Waals surface area contributed by atoms with E-state index in [1.165, 1.54) is 14.2 Å². The van der Waals surface area contributed by atoms with Gasteiger partial charge in [0, 0.05) is 13.6 Å². The maximum atomic E-state index is 13.3. The quantitative estimate of drug-likeness (QED) is 0.392. The zero-order valence-corrected chi connectivity index (χ0v) is 17.6. The van der Waals surface area contributed by atoms with Crippen LogP contribution < -0.4 is 4.74 Å². The summed E-state index contributed by atoms with van der Waals surface area (Å²) in [5, 5.41) is 0. The molecule has 3 aromatic rings. The molecule has 1 amide bonds. The first kappa shape index (κ1) is 24.2. The van der Waals surface area contributed by atoms with Gasteiger partial charge in [0.2, 0.25) is 0 Å².